The number of halogens is 1. The van der Waals surface area contributed by atoms with Crippen LogP contribution in [0.25, 0.3) is 0 Å². The van der Waals surface area contributed by atoms with Crippen LogP contribution in [-0.4, -0.2) is 38.3 Å². The van der Waals surface area contributed by atoms with E-state index in [0.29, 0.717) is 24.5 Å². The van der Waals surface area contributed by atoms with E-state index in [4.69, 9.17) is 9.47 Å². The van der Waals surface area contributed by atoms with Gasteiger partial charge in [-0.25, -0.2) is 0 Å². The smallest absolute Gasteiger partial charge is 0.224 e. The summed E-state index contributed by atoms with van der Waals surface area (Å²) < 4.78 is 10.6. The minimum atomic E-state index is 0. The van der Waals surface area contributed by atoms with Crippen LogP contribution in [0.15, 0.2) is 18.2 Å². The van der Waals surface area contributed by atoms with Crippen LogP contribution in [-0.2, 0) is 11.2 Å². The van der Waals surface area contributed by atoms with E-state index in [2.05, 4.69) is 10.6 Å². The average Bonchev–Trinajstić information content (AvgIpc) is 2.85. The normalized spacial score (nSPS) is 25.4. The van der Waals surface area contributed by atoms with Gasteiger partial charge in [0, 0.05) is 23.7 Å². The van der Waals surface area contributed by atoms with Crippen molar-refractivity contribution in [2.45, 2.75) is 50.2 Å². The van der Waals surface area contributed by atoms with E-state index in [9.17, 15) is 4.79 Å². The highest BCUT2D eigenvalue weighted by atomic mass is 35.5. The zero-order chi connectivity index (χ0) is 15.5. The lowest BCUT2D eigenvalue weighted by Crippen LogP contribution is -2.48. The van der Waals surface area contributed by atoms with Gasteiger partial charge in [0.1, 0.15) is 11.5 Å². The number of carbonyl (C=O) groups excluding carboxylic acids is 1. The maximum Gasteiger partial charge on any atom is 0.224 e. The van der Waals surface area contributed by atoms with Gasteiger partial charge < -0.3 is 20.1 Å². The summed E-state index contributed by atoms with van der Waals surface area (Å²) in [5.74, 6) is 1.52. The van der Waals surface area contributed by atoms with Gasteiger partial charge in [0.2, 0.25) is 5.91 Å². The van der Waals surface area contributed by atoms with Crippen LogP contribution in [0.2, 0.25) is 0 Å². The molecule has 1 aromatic carbocycles. The van der Waals surface area contributed by atoms with Gasteiger partial charge in [0.25, 0.3) is 0 Å². The zero-order valence-corrected chi connectivity index (χ0v) is 14.4. The molecule has 1 aromatic rings. The van der Waals surface area contributed by atoms with Crippen molar-refractivity contribution in [2.75, 3.05) is 14.2 Å². The van der Waals surface area contributed by atoms with Crippen molar-refractivity contribution in [3.8, 4) is 11.5 Å². The summed E-state index contributed by atoms with van der Waals surface area (Å²) >= 11 is 0. The van der Waals surface area contributed by atoms with Crippen molar-refractivity contribution >= 4 is 18.3 Å². The first-order valence-corrected chi connectivity index (χ1v) is 7.94. The topological polar surface area (TPSA) is 59.6 Å². The number of amides is 1. The Bertz CT molecular complexity index is 541. The summed E-state index contributed by atoms with van der Waals surface area (Å²) in [7, 11) is 3.24. The highest BCUT2D eigenvalue weighted by molar-refractivity contribution is 5.85. The van der Waals surface area contributed by atoms with Gasteiger partial charge in [-0.2, -0.15) is 0 Å². The Morgan fingerprint density at radius 2 is 1.91 bits per heavy atom. The molecule has 2 atom stereocenters. The SMILES string of the molecule is COc1ccc(OC)c(CC(=O)NC2CC3CCC(C2)N3)c1.Cl. The van der Waals surface area contributed by atoms with Gasteiger partial charge in [-0.3, -0.25) is 4.79 Å². The summed E-state index contributed by atoms with van der Waals surface area (Å²) in [6, 6.07) is 7.00. The zero-order valence-electron chi connectivity index (χ0n) is 13.6. The quantitative estimate of drug-likeness (QED) is 0.861. The summed E-state index contributed by atoms with van der Waals surface area (Å²) in [4.78, 5) is 12.4. The highest BCUT2D eigenvalue weighted by Gasteiger charge is 2.33. The second-order valence-electron chi connectivity index (χ2n) is 6.23. The summed E-state index contributed by atoms with van der Waals surface area (Å²) in [5.41, 5.74) is 0.858. The Balaban J connectivity index is 0.00000192. The second kappa shape index (κ2) is 7.88. The third kappa shape index (κ3) is 4.30. The van der Waals surface area contributed by atoms with Crippen LogP contribution in [0.4, 0.5) is 0 Å². The molecule has 2 aliphatic heterocycles. The average molecular weight is 341 g/mol. The highest BCUT2D eigenvalue weighted by Crippen LogP contribution is 2.27. The van der Waals surface area contributed by atoms with Crippen molar-refractivity contribution in [1.82, 2.24) is 10.6 Å². The molecule has 2 aliphatic rings. The van der Waals surface area contributed by atoms with E-state index in [1.807, 2.05) is 18.2 Å². The molecule has 2 bridgehead atoms. The number of nitrogens with one attached hydrogen (secondary N) is 2. The lowest BCUT2D eigenvalue weighted by molar-refractivity contribution is -0.121. The first-order valence-electron chi connectivity index (χ1n) is 7.94. The fraction of sp³-hybridized carbons (Fsp3) is 0.588. The van der Waals surface area contributed by atoms with Crippen molar-refractivity contribution < 1.29 is 14.3 Å². The largest absolute Gasteiger partial charge is 0.497 e. The number of methoxy groups -OCH3 is 2. The Hall–Kier alpha value is -1.46. The molecule has 23 heavy (non-hydrogen) atoms. The maximum absolute atomic E-state index is 12.4. The molecule has 3 rings (SSSR count). The van der Waals surface area contributed by atoms with E-state index in [1.54, 1.807) is 14.2 Å². The number of piperidine rings is 1. The van der Waals surface area contributed by atoms with E-state index in [1.165, 1.54) is 12.8 Å². The maximum atomic E-state index is 12.4. The Morgan fingerprint density at radius 1 is 1.22 bits per heavy atom. The van der Waals surface area contributed by atoms with Crippen LogP contribution in [0.5, 0.6) is 11.5 Å². The Labute approximate surface area is 143 Å². The fourth-order valence-corrected chi connectivity index (χ4v) is 3.65. The van der Waals surface area contributed by atoms with Crippen molar-refractivity contribution in [3.05, 3.63) is 23.8 Å². The van der Waals surface area contributed by atoms with Crippen molar-refractivity contribution in [1.29, 1.82) is 0 Å². The molecule has 0 radical (unpaired) electrons. The number of fused-ring (bicyclic) bond motifs is 2. The number of benzene rings is 1. The summed E-state index contributed by atoms with van der Waals surface area (Å²) in [6.45, 7) is 0. The van der Waals surface area contributed by atoms with Crippen LogP contribution in [0.3, 0.4) is 0 Å². The molecule has 2 N–H and O–H groups in total. The minimum absolute atomic E-state index is 0. The fourth-order valence-electron chi connectivity index (χ4n) is 3.65. The van der Waals surface area contributed by atoms with Crippen LogP contribution in [0.1, 0.15) is 31.2 Å². The standard InChI is InChI=1S/C17H24N2O3.ClH/c1-21-15-5-6-16(22-2)11(7-15)8-17(20)19-14-9-12-3-4-13(10-14)18-12;/h5-7,12-14,18H,3-4,8-10H2,1-2H3,(H,19,20);1H. The third-order valence-corrected chi connectivity index (χ3v) is 4.68. The molecule has 0 aliphatic carbocycles. The molecule has 1 amide bonds. The number of ether oxygens (including phenoxy) is 2. The summed E-state index contributed by atoms with van der Waals surface area (Å²) in [6.07, 6.45) is 4.87. The Kier molecular flexibility index (Phi) is 6.13. The van der Waals surface area contributed by atoms with Gasteiger partial charge in [0.15, 0.2) is 0 Å². The van der Waals surface area contributed by atoms with E-state index >= 15 is 0 Å². The second-order valence-corrected chi connectivity index (χ2v) is 6.23. The van der Waals surface area contributed by atoms with Gasteiger partial charge >= 0.3 is 0 Å². The molecule has 0 spiro atoms. The number of carbonyl (C=O) groups is 1. The molecular weight excluding hydrogens is 316 g/mol. The number of hydrogen-bond acceptors (Lipinski definition) is 4. The monoisotopic (exact) mass is 340 g/mol. The van der Waals surface area contributed by atoms with Crippen LogP contribution >= 0.6 is 12.4 Å². The third-order valence-electron chi connectivity index (χ3n) is 4.68. The molecule has 0 aromatic heterocycles. The molecule has 2 fully saturated rings. The van der Waals surface area contributed by atoms with Gasteiger partial charge in [0.05, 0.1) is 20.6 Å². The molecule has 2 saturated heterocycles. The lowest BCUT2D eigenvalue weighted by atomic mass is 9.99. The molecule has 128 valence electrons. The summed E-state index contributed by atoms with van der Waals surface area (Å²) in [5, 5.41) is 6.77. The molecule has 5 nitrogen and oxygen atoms in total. The van der Waals surface area contributed by atoms with Gasteiger partial charge in [-0.1, -0.05) is 0 Å². The molecular formula is C17H25ClN2O3. The predicted octanol–water partition coefficient (Wildman–Crippen LogP) is 2.07. The lowest BCUT2D eigenvalue weighted by Gasteiger charge is -2.29. The van der Waals surface area contributed by atoms with E-state index in [-0.39, 0.29) is 18.3 Å². The molecule has 2 heterocycles. The predicted molar refractivity (Wildman–Crippen MR) is 91.6 cm³/mol. The molecule has 2 unspecified atom stereocenters. The van der Waals surface area contributed by atoms with E-state index < -0.39 is 0 Å². The first kappa shape index (κ1) is 17.9. The van der Waals surface area contributed by atoms with Gasteiger partial charge in [-0.05, 0) is 43.9 Å². The number of hydrogen-bond donors (Lipinski definition) is 2. The van der Waals surface area contributed by atoms with Crippen LogP contribution in [0, 0.1) is 0 Å². The Morgan fingerprint density at radius 3 is 2.52 bits per heavy atom. The van der Waals surface area contributed by atoms with Crippen molar-refractivity contribution in [3.63, 3.8) is 0 Å². The van der Waals surface area contributed by atoms with Crippen molar-refractivity contribution in [2.24, 2.45) is 0 Å². The minimum Gasteiger partial charge on any atom is -0.497 e. The van der Waals surface area contributed by atoms with E-state index in [0.717, 1.165) is 29.9 Å². The molecule has 0 saturated carbocycles. The first-order chi connectivity index (χ1) is 10.7. The van der Waals surface area contributed by atoms with Crippen LogP contribution < -0.4 is 20.1 Å². The number of rotatable bonds is 5. The van der Waals surface area contributed by atoms with Gasteiger partial charge in [-0.15, -0.1) is 12.4 Å². The molecule has 6 heteroatoms.